The molecule has 0 nitrogen and oxygen atoms in total. The Balaban J connectivity index is 5.30. The van der Waals surface area contributed by atoms with Crippen molar-refractivity contribution in [3.05, 3.63) is 0 Å². The maximum atomic E-state index is 12.6. The number of halogens is 6. The third-order valence-corrected chi connectivity index (χ3v) is 3.63. The van der Waals surface area contributed by atoms with Crippen molar-refractivity contribution in [2.75, 3.05) is 0 Å². The van der Waals surface area contributed by atoms with Crippen LogP contribution in [0.25, 0.3) is 0 Å². The Morgan fingerprint density at radius 1 is 0.625 bits per heavy atom. The molecule has 98 valence electrons. The van der Waals surface area contributed by atoms with Crippen LogP contribution >= 0.6 is 0 Å². The van der Waals surface area contributed by atoms with Gasteiger partial charge in [0.05, 0.1) is 10.8 Å². The number of alkyl halides is 6. The first-order chi connectivity index (χ1) is 6.65. The van der Waals surface area contributed by atoms with E-state index in [-0.39, 0.29) is 0 Å². The molecule has 0 rings (SSSR count). The maximum absolute atomic E-state index is 12.6. The molecule has 0 aliphatic rings. The molecule has 0 aromatic heterocycles. The van der Waals surface area contributed by atoms with Gasteiger partial charge in [-0.25, -0.2) is 0 Å². The third kappa shape index (κ3) is 2.46. The molecular weight excluding hydrogens is 234 g/mol. The predicted molar refractivity (Wildman–Crippen MR) is 48.8 cm³/mol. The lowest BCUT2D eigenvalue weighted by atomic mass is 9.65. The molecule has 0 unspecified atom stereocenters. The van der Waals surface area contributed by atoms with Gasteiger partial charge in [-0.15, -0.1) is 0 Å². The average Bonchev–Trinajstić information content (AvgIpc) is 1.98. The maximum Gasteiger partial charge on any atom is 0.394 e. The first-order valence-electron chi connectivity index (χ1n) is 4.79. The van der Waals surface area contributed by atoms with Gasteiger partial charge in [-0.3, -0.25) is 0 Å². The second kappa shape index (κ2) is 3.81. The molecule has 0 radical (unpaired) electrons. The fourth-order valence-corrected chi connectivity index (χ4v) is 1.39. The van der Waals surface area contributed by atoms with Crippen LogP contribution in [0.5, 0.6) is 0 Å². The summed E-state index contributed by atoms with van der Waals surface area (Å²) >= 11 is 0. The second-order valence-electron chi connectivity index (χ2n) is 5.16. The van der Waals surface area contributed by atoms with E-state index in [9.17, 15) is 26.3 Å². The highest BCUT2D eigenvalue weighted by atomic mass is 19.4. The average molecular weight is 250 g/mol. The van der Waals surface area contributed by atoms with Crippen molar-refractivity contribution in [1.29, 1.82) is 0 Å². The molecular formula is C10H16F6. The van der Waals surface area contributed by atoms with Gasteiger partial charge in [0.1, 0.15) is 0 Å². The zero-order chi connectivity index (χ0) is 13.6. The Kier molecular flexibility index (Phi) is 3.71. The molecule has 0 aliphatic carbocycles. The molecule has 0 aliphatic heterocycles. The third-order valence-electron chi connectivity index (χ3n) is 3.63. The van der Waals surface area contributed by atoms with Gasteiger partial charge in [0, 0.05) is 0 Å². The van der Waals surface area contributed by atoms with Gasteiger partial charge in [0.25, 0.3) is 0 Å². The highest BCUT2D eigenvalue weighted by Crippen LogP contribution is 2.55. The van der Waals surface area contributed by atoms with E-state index in [4.69, 9.17) is 0 Å². The van der Waals surface area contributed by atoms with Gasteiger partial charge < -0.3 is 0 Å². The molecule has 16 heavy (non-hydrogen) atoms. The van der Waals surface area contributed by atoms with Crippen LogP contribution in [0, 0.1) is 16.7 Å². The standard InChI is InChI=1S/C10H16F6/c1-6(7(2,3)9(11,12)13)8(4,5)10(14,15)16/h6H,1-5H3. The predicted octanol–water partition coefficient (Wildman–Crippen LogP) is 4.80. The molecule has 0 N–H and O–H groups in total. The molecule has 0 saturated carbocycles. The Bertz CT molecular complexity index is 219. The van der Waals surface area contributed by atoms with Crippen molar-refractivity contribution in [2.45, 2.75) is 47.0 Å². The fraction of sp³-hybridized carbons (Fsp3) is 1.00. The summed E-state index contributed by atoms with van der Waals surface area (Å²) in [7, 11) is 0. The highest BCUT2D eigenvalue weighted by molar-refractivity contribution is 4.94. The van der Waals surface area contributed by atoms with Crippen LogP contribution in [0.2, 0.25) is 0 Å². The van der Waals surface area contributed by atoms with Crippen LogP contribution in [0.15, 0.2) is 0 Å². The van der Waals surface area contributed by atoms with Gasteiger partial charge in [-0.1, -0.05) is 34.6 Å². The van der Waals surface area contributed by atoms with Crippen molar-refractivity contribution in [1.82, 2.24) is 0 Å². The minimum absolute atomic E-state index is 0.797. The van der Waals surface area contributed by atoms with Gasteiger partial charge in [0.15, 0.2) is 0 Å². The molecule has 0 bridgehead atoms. The van der Waals surface area contributed by atoms with E-state index in [2.05, 4.69) is 0 Å². The lowest BCUT2D eigenvalue weighted by molar-refractivity contribution is -0.284. The van der Waals surface area contributed by atoms with E-state index in [1.807, 2.05) is 0 Å². The van der Waals surface area contributed by atoms with Crippen LogP contribution in [0.4, 0.5) is 26.3 Å². The number of hydrogen-bond donors (Lipinski definition) is 0. The van der Waals surface area contributed by atoms with Crippen molar-refractivity contribution in [3.8, 4) is 0 Å². The summed E-state index contributed by atoms with van der Waals surface area (Å²) in [6.07, 6.45) is -9.32. The molecule has 0 atom stereocenters. The Morgan fingerprint density at radius 2 is 0.812 bits per heavy atom. The smallest absolute Gasteiger partial charge is 0.171 e. The Morgan fingerprint density at radius 3 is 0.938 bits per heavy atom. The Hall–Kier alpha value is -0.420. The van der Waals surface area contributed by atoms with Crippen LogP contribution in [0.3, 0.4) is 0 Å². The van der Waals surface area contributed by atoms with Crippen LogP contribution in [-0.2, 0) is 0 Å². The second-order valence-corrected chi connectivity index (χ2v) is 5.16. The lowest BCUT2D eigenvalue weighted by Crippen LogP contribution is -2.49. The van der Waals surface area contributed by atoms with E-state index in [1.165, 1.54) is 0 Å². The van der Waals surface area contributed by atoms with Crippen molar-refractivity contribution < 1.29 is 26.3 Å². The summed E-state index contributed by atoms with van der Waals surface area (Å²) < 4.78 is 75.8. The first-order valence-corrected chi connectivity index (χ1v) is 4.79. The molecule has 0 saturated heterocycles. The molecule has 0 aromatic rings. The molecule has 0 spiro atoms. The summed E-state index contributed by atoms with van der Waals surface area (Å²) in [5, 5.41) is 0. The van der Waals surface area contributed by atoms with Crippen LogP contribution in [0.1, 0.15) is 34.6 Å². The zero-order valence-corrected chi connectivity index (χ0v) is 9.85. The summed E-state index contributed by atoms with van der Waals surface area (Å²) in [5.74, 6) is -1.57. The molecule has 0 fully saturated rings. The van der Waals surface area contributed by atoms with Crippen LogP contribution < -0.4 is 0 Å². The summed E-state index contributed by atoms with van der Waals surface area (Å²) in [4.78, 5) is 0. The lowest BCUT2D eigenvalue weighted by Gasteiger charge is -2.44. The van der Waals surface area contributed by atoms with Gasteiger partial charge in [0.2, 0.25) is 0 Å². The normalized spacial score (nSPS) is 15.8. The number of hydrogen-bond acceptors (Lipinski definition) is 0. The largest absolute Gasteiger partial charge is 0.394 e. The van der Waals surface area contributed by atoms with Crippen molar-refractivity contribution in [2.24, 2.45) is 16.7 Å². The summed E-state index contributed by atoms with van der Waals surface area (Å²) in [5.41, 5.74) is -4.77. The molecule has 0 aromatic carbocycles. The van der Waals surface area contributed by atoms with E-state index >= 15 is 0 Å². The first kappa shape index (κ1) is 15.6. The molecule has 0 heterocycles. The highest BCUT2D eigenvalue weighted by Gasteiger charge is 2.61. The van der Waals surface area contributed by atoms with Crippen molar-refractivity contribution >= 4 is 0 Å². The van der Waals surface area contributed by atoms with Gasteiger partial charge >= 0.3 is 12.4 Å². The monoisotopic (exact) mass is 250 g/mol. The SMILES string of the molecule is CC(C(C)(C)C(F)(F)F)C(C)(C)C(F)(F)F. The van der Waals surface area contributed by atoms with E-state index in [0.717, 1.165) is 34.6 Å². The topological polar surface area (TPSA) is 0 Å². The van der Waals surface area contributed by atoms with E-state index in [1.54, 1.807) is 0 Å². The van der Waals surface area contributed by atoms with Gasteiger partial charge in [-0.05, 0) is 5.92 Å². The fourth-order valence-electron chi connectivity index (χ4n) is 1.39. The zero-order valence-electron chi connectivity index (χ0n) is 9.85. The quantitative estimate of drug-likeness (QED) is 0.617. The minimum atomic E-state index is -4.66. The van der Waals surface area contributed by atoms with Crippen LogP contribution in [-0.4, -0.2) is 12.4 Å². The summed E-state index contributed by atoms with van der Waals surface area (Å²) in [6.45, 7) is 4.17. The minimum Gasteiger partial charge on any atom is -0.171 e. The summed E-state index contributed by atoms with van der Waals surface area (Å²) in [6, 6.07) is 0. The van der Waals surface area contributed by atoms with Gasteiger partial charge in [-0.2, -0.15) is 26.3 Å². The van der Waals surface area contributed by atoms with Crippen molar-refractivity contribution in [3.63, 3.8) is 0 Å². The molecule has 0 amide bonds. The van der Waals surface area contributed by atoms with E-state index in [0.29, 0.717) is 0 Å². The molecule has 6 heteroatoms. The Labute approximate surface area is 91.0 Å². The van der Waals surface area contributed by atoms with E-state index < -0.39 is 29.1 Å². The number of rotatable bonds is 2.